The molecule has 7 nitrogen and oxygen atoms in total. The third-order valence-electron chi connectivity index (χ3n) is 4.80. The van der Waals surface area contributed by atoms with Gasteiger partial charge in [-0.15, -0.1) is 0 Å². The van der Waals surface area contributed by atoms with Crippen molar-refractivity contribution in [2.45, 2.75) is 13.8 Å². The lowest BCUT2D eigenvalue weighted by atomic mass is 10.1. The monoisotopic (exact) mass is 436 g/mol. The van der Waals surface area contributed by atoms with Crippen molar-refractivity contribution < 1.29 is 22.8 Å². The highest BCUT2D eigenvalue weighted by molar-refractivity contribution is 6.06. The summed E-state index contributed by atoms with van der Waals surface area (Å²) in [5.41, 5.74) is 2.15. The highest BCUT2D eigenvalue weighted by atomic mass is 19.1. The minimum atomic E-state index is -0.783. The van der Waals surface area contributed by atoms with Crippen molar-refractivity contribution in [3.63, 3.8) is 0 Å². The van der Waals surface area contributed by atoms with E-state index in [0.29, 0.717) is 22.8 Å². The van der Waals surface area contributed by atoms with Gasteiger partial charge < -0.3 is 15.1 Å². The molecule has 0 aliphatic carbocycles. The SMILES string of the molecule is Cc1nn(-c2ccc(F)cc2F)c(C)c1C(=O)Nc1ccc(NC(=O)c2ccco2)cc1. The quantitative estimate of drug-likeness (QED) is 0.467. The number of carbonyl (C=O) groups excluding carboxylic acids is 2. The standard InChI is InChI=1S/C23H18F2N4O3/c1-13-21(14(2)29(28-13)19-10-5-15(24)12-18(19)25)23(31)27-17-8-6-16(7-9-17)26-22(30)20-4-3-11-32-20/h3-12H,1-2H3,(H,26,30)(H,27,31). The minimum Gasteiger partial charge on any atom is -0.459 e. The number of halogens is 2. The number of hydrogen-bond acceptors (Lipinski definition) is 4. The van der Waals surface area contributed by atoms with Crippen LogP contribution in [0.5, 0.6) is 0 Å². The van der Waals surface area contributed by atoms with Crippen LogP contribution < -0.4 is 10.6 Å². The highest BCUT2D eigenvalue weighted by Gasteiger charge is 2.21. The predicted molar refractivity (Wildman–Crippen MR) is 114 cm³/mol. The lowest BCUT2D eigenvalue weighted by molar-refractivity contribution is 0.0994. The van der Waals surface area contributed by atoms with E-state index in [-0.39, 0.29) is 17.0 Å². The van der Waals surface area contributed by atoms with Crippen LogP contribution in [-0.2, 0) is 0 Å². The second-order valence-corrected chi connectivity index (χ2v) is 7.02. The molecule has 0 aliphatic rings. The molecule has 0 spiro atoms. The van der Waals surface area contributed by atoms with Gasteiger partial charge in [-0.05, 0) is 62.4 Å². The topological polar surface area (TPSA) is 89.2 Å². The van der Waals surface area contributed by atoms with Crippen LogP contribution in [0.1, 0.15) is 32.3 Å². The van der Waals surface area contributed by atoms with E-state index < -0.39 is 23.4 Å². The van der Waals surface area contributed by atoms with E-state index in [1.165, 1.54) is 17.0 Å². The third-order valence-corrected chi connectivity index (χ3v) is 4.80. The molecule has 0 atom stereocenters. The van der Waals surface area contributed by atoms with E-state index in [1.807, 2.05) is 0 Å². The maximum Gasteiger partial charge on any atom is 0.291 e. The van der Waals surface area contributed by atoms with Gasteiger partial charge in [-0.25, -0.2) is 13.5 Å². The van der Waals surface area contributed by atoms with Crippen LogP contribution in [0, 0.1) is 25.5 Å². The molecular formula is C23H18F2N4O3. The molecule has 2 aromatic heterocycles. The summed E-state index contributed by atoms with van der Waals surface area (Å²) in [6.07, 6.45) is 1.41. The molecule has 2 aromatic carbocycles. The van der Waals surface area contributed by atoms with Crippen molar-refractivity contribution in [1.29, 1.82) is 0 Å². The van der Waals surface area contributed by atoms with Gasteiger partial charge in [0.15, 0.2) is 11.6 Å². The molecule has 0 saturated heterocycles. The number of nitrogens with zero attached hydrogens (tertiary/aromatic N) is 2. The first-order valence-electron chi connectivity index (χ1n) is 9.61. The predicted octanol–water partition coefficient (Wildman–Crippen LogP) is 4.86. The van der Waals surface area contributed by atoms with Gasteiger partial charge in [0.05, 0.1) is 23.2 Å². The lowest BCUT2D eigenvalue weighted by Gasteiger charge is -2.09. The van der Waals surface area contributed by atoms with Crippen LogP contribution in [0.2, 0.25) is 0 Å². The molecule has 4 rings (SSSR count). The maximum atomic E-state index is 14.2. The number of furan rings is 1. The number of aromatic nitrogens is 2. The molecule has 2 N–H and O–H groups in total. The summed E-state index contributed by atoms with van der Waals surface area (Å²) in [6, 6.07) is 12.8. The van der Waals surface area contributed by atoms with E-state index in [9.17, 15) is 18.4 Å². The largest absolute Gasteiger partial charge is 0.459 e. The Hall–Kier alpha value is -4.27. The molecule has 32 heavy (non-hydrogen) atoms. The molecule has 0 unspecified atom stereocenters. The number of hydrogen-bond donors (Lipinski definition) is 2. The van der Waals surface area contributed by atoms with Crippen molar-refractivity contribution in [2.75, 3.05) is 10.6 Å². The Morgan fingerprint density at radius 2 is 1.59 bits per heavy atom. The number of aryl methyl sites for hydroxylation is 1. The van der Waals surface area contributed by atoms with Crippen molar-refractivity contribution in [3.05, 3.63) is 95.2 Å². The second-order valence-electron chi connectivity index (χ2n) is 7.02. The molecule has 2 heterocycles. The molecule has 0 fully saturated rings. The molecule has 0 aliphatic heterocycles. The van der Waals surface area contributed by atoms with Gasteiger partial charge in [0.1, 0.15) is 11.5 Å². The van der Waals surface area contributed by atoms with Crippen molar-refractivity contribution in [1.82, 2.24) is 9.78 Å². The van der Waals surface area contributed by atoms with Gasteiger partial charge in [-0.3, -0.25) is 9.59 Å². The zero-order valence-electron chi connectivity index (χ0n) is 17.1. The first-order valence-corrected chi connectivity index (χ1v) is 9.61. The van der Waals surface area contributed by atoms with Gasteiger partial charge in [-0.2, -0.15) is 5.10 Å². The molecule has 9 heteroatoms. The molecule has 162 valence electrons. The fourth-order valence-corrected chi connectivity index (χ4v) is 3.29. The number of rotatable bonds is 5. The van der Waals surface area contributed by atoms with Crippen LogP contribution in [0.25, 0.3) is 5.69 Å². The third kappa shape index (κ3) is 4.13. The van der Waals surface area contributed by atoms with Gasteiger partial charge in [0, 0.05) is 17.4 Å². The smallest absolute Gasteiger partial charge is 0.291 e. The fraction of sp³-hybridized carbons (Fsp3) is 0.0870. The number of amides is 2. The number of carbonyl (C=O) groups is 2. The Morgan fingerprint density at radius 1 is 0.938 bits per heavy atom. The number of benzene rings is 2. The summed E-state index contributed by atoms with van der Waals surface area (Å²) in [4.78, 5) is 24.9. The van der Waals surface area contributed by atoms with Gasteiger partial charge in [-0.1, -0.05) is 0 Å². The molecule has 0 bridgehead atoms. The second kappa shape index (κ2) is 8.46. The van der Waals surface area contributed by atoms with E-state index in [4.69, 9.17) is 4.42 Å². The molecular weight excluding hydrogens is 418 g/mol. The molecule has 2 amide bonds. The Bertz CT molecular complexity index is 1300. The summed E-state index contributed by atoms with van der Waals surface area (Å²) in [6.45, 7) is 3.26. The summed E-state index contributed by atoms with van der Waals surface area (Å²) >= 11 is 0. The average molecular weight is 436 g/mol. The van der Waals surface area contributed by atoms with E-state index in [1.54, 1.807) is 50.2 Å². The fourth-order valence-electron chi connectivity index (χ4n) is 3.29. The minimum absolute atomic E-state index is 0.0442. The average Bonchev–Trinajstić information content (AvgIpc) is 3.38. The van der Waals surface area contributed by atoms with Crippen LogP contribution in [0.4, 0.5) is 20.2 Å². The molecule has 0 saturated carbocycles. The van der Waals surface area contributed by atoms with Crippen LogP contribution in [0.15, 0.2) is 65.3 Å². The Morgan fingerprint density at radius 3 is 2.19 bits per heavy atom. The Labute approximate surface area is 181 Å². The summed E-state index contributed by atoms with van der Waals surface area (Å²) in [7, 11) is 0. The van der Waals surface area contributed by atoms with E-state index in [0.717, 1.165) is 12.1 Å². The highest BCUT2D eigenvalue weighted by Crippen LogP contribution is 2.22. The summed E-state index contributed by atoms with van der Waals surface area (Å²) in [5.74, 6) is -2.12. The van der Waals surface area contributed by atoms with Crippen molar-refractivity contribution in [2.24, 2.45) is 0 Å². The number of nitrogens with one attached hydrogen (secondary N) is 2. The number of anilines is 2. The molecule has 4 aromatic rings. The van der Waals surface area contributed by atoms with Crippen molar-refractivity contribution >= 4 is 23.2 Å². The zero-order chi connectivity index (χ0) is 22.8. The van der Waals surface area contributed by atoms with E-state index >= 15 is 0 Å². The van der Waals surface area contributed by atoms with E-state index in [2.05, 4.69) is 15.7 Å². The van der Waals surface area contributed by atoms with Crippen LogP contribution in [0.3, 0.4) is 0 Å². The first-order chi connectivity index (χ1) is 15.3. The summed E-state index contributed by atoms with van der Waals surface area (Å²) in [5, 5.41) is 9.69. The molecule has 0 radical (unpaired) electrons. The normalized spacial score (nSPS) is 10.8. The summed E-state index contributed by atoms with van der Waals surface area (Å²) < 4.78 is 33.7. The first kappa shape index (κ1) is 21.0. The zero-order valence-corrected chi connectivity index (χ0v) is 17.1. The van der Waals surface area contributed by atoms with Gasteiger partial charge in [0.25, 0.3) is 11.8 Å². The lowest BCUT2D eigenvalue weighted by Crippen LogP contribution is -2.14. The van der Waals surface area contributed by atoms with Gasteiger partial charge in [0.2, 0.25) is 0 Å². The maximum absolute atomic E-state index is 14.2. The Kier molecular flexibility index (Phi) is 5.55. The van der Waals surface area contributed by atoms with Crippen molar-refractivity contribution in [3.8, 4) is 5.69 Å². The van der Waals surface area contributed by atoms with Crippen LogP contribution >= 0.6 is 0 Å². The van der Waals surface area contributed by atoms with Crippen LogP contribution in [-0.4, -0.2) is 21.6 Å². The Balaban J connectivity index is 1.50. The van der Waals surface area contributed by atoms with Gasteiger partial charge >= 0.3 is 0 Å².